The van der Waals surface area contributed by atoms with Gasteiger partial charge in [0.2, 0.25) is 5.91 Å². The fraction of sp³-hybridized carbons (Fsp3) is 0.353. The standard InChI is InChI=1S/C17H18ClN3O2S/c1-3-8-24-17-20-16(23)14-11(10-6-4-5-7-12(10)18)9-13(22)19-15(14)21(17)2/h4-7,11H,3,8-9H2,1-2H3,(H,19,22)/t11-/m1/s1. The summed E-state index contributed by atoms with van der Waals surface area (Å²) in [6.07, 6.45) is 1.17. The number of thioether (sulfide) groups is 1. The minimum atomic E-state index is -0.376. The van der Waals surface area contributed by atoms with Gasteiger partial charge in [0.25, 0.3) is 5.56 Å². The van der Waals surface area contributed by atoms with Crippen LogP contribution in [-0.2, 0) is 11.8 Å². The molecule has 1 aliphatic heterocycles. The highest BCUT2D eigenvalue weighted by atomic mass is 35.5. The Bertz CT molecular complexity index is 850. The van der Waals surface area contributed by atoms with Crippen molar-refractivity contribution in [1.29, 1.82) is 0 Å². The van der Waals surface area contributed by atoms with E-state index in [0.29, 0.717) is 21.6 Å². The summed E-state index contributed by atoms with van der Waals surface area (Å²) in [4.78, 5) is 29.1. The van der Waals surface area contributed by atoms with Gasteiger partial charge in [-0.2, -0.15) is 4.98 Å². The van der Waals surface area contributed by atoms with Gasteiger partial charge >= 0.3 is 0 Å². The van der Waals surface area contributed by atoms with Crippen molar-refractivity contribution in [2.24, 2.45) is 7.05 Å². The molecular formula is C17H18ClN3O2S. The molecule has 1 amide bonds. The molecular weight excluding hydrogens is 346 g/mol. The predicted octanol–water partition coefficient (Wildman–Crippen LogP) is 3.41. The van der Waals surface area contributed by atoms with Gasteiger partial charge in [-0.25, -0.2) is 0 Å². The Kier molecular flexibility index (Phi) is 4.96. The monoisotopic (exact) mass is 363 g/mol. The zero-order valence-corrected chi connectivity index (χ0v) is 15.1. The Labute approximate surface area is 149 Å². The van der Waals surface area contributed by atoms with E-state index < -0.39 is 0 Å². The summed E-state index contributed by atoms with van der Waals surface area (Å²) in [5.74, 6) is 0.884. The molecule has 126 valence electrons. The molecule has 24 heavy (non-hydrogen) atoms. The first kappa shape index (κ1) is 17.0. The van der Waals surface area contributed by atoms with Crippen LogP contribution in [0.3, 0.4) is 0 Å². The van der Waals surface area contributed by atoms with Crippen LogP contribution in [-0.4, -0.2) is 21.2 Å². The van der Waals surface area contributed by atoms with Gasteiger partial charge in [-0.05, 0) is 18.1 Å². The molecule has 0 saturated heterocycles. The normalized spacial score (nSPS) is 16.6. The minimum Gasteiger partial charge on any atom is -0.312 e. The first-order valence-corrected chi connectivity index (χ1v) is 9.17. The summed E-state index contributed by atoms with van der Waals surface area (Å²) in [5, 5.41) is 3.99. The van der Waals surface area contributed by atoms with E-state index in [2.05, 4.69) is 17.2 Å². The van der Waals surface area contributed by atoms with Crippen molar-refractivity contribution >= 4 is 35.1 Å². The summed E-state index contributed by atoms with van der Waals surface area (Å²) in [7, 11) is 1.82. The highest BCUT2D eigenvalue weighted by Gasteiger charge is 2.32. The number of hydrogen-bond donors (Lipinski definition) is 1. The lowest BCUT2D eigenvalue weighted by Gasteiger charge is -2.28. The molecule has 2 heterocycles. The van der Waals surface area contributed by atoms with Crippen molar-refractivity contribution in [3.05, 3.63) is 50.8 Å². The van der Waals surface area contributed by atoms with Crippen LogP contribution in [0, 0.1) is 0 Å². The highest BCUT2D eigenvalue weighted by Crippen LogP contribution is 2.38. The third-order valence-corrected chi connectivity index (χ3v) is 5.60. The molecule has 1 aromatic carbocycles. The molecule has 0 fully saturated rings. The maximum atomic E-state index is 12.7. The molecule has 2 aromatic rings. The second kappa shape index (κ2) is 6.99. The molecule has 0 spiro atoms. The lowest BCUT2D eigenvalue weighted by molar-refractivity contribution is -0.116. The maximum absolute atomic E-state index is 12.7. The number of anilines is 1. The van der Waals surface area contributed by atoms with Crippen LogP contribution in [0.15, 0.2) is 34.2 Å². The average Bonchev–Trinajstić information content (AvgIpc) is 2.56. The quantitative estimate of drug-likeness (QED) is 0.667. The fourth-order valence-electron chi connectivity index (χ4n) is 2.88. The molecule has 1 N–H and O–H groups in total. The first-order valence-electron chi connectivity index (χ1n) is 7.81. The van der Waals surface area contributed by atoms with Gasteiger partial charge in [-0.3, -0.25) is 9.59 Å². The van der Waals surface area contributed by atoms with E-state index in [1.54, 1.807) is 10.6 Å². The van der Waals surface area contributed by atoms with E-state index in [-0.39, 0.29) is 23.8 Å². The Balaban J connectivity index is 2.17. The Morgan fingerprint density at radius 3 is 2.83 bits per heavy atom. The van der Waals surface area contributed by atoms with E-state index >= 15 is 0 Å². The first-order chi connectivity index (χ1) is 11.5. The predicted molar refractivity (Wildman–Crippen MR) is 97.0 cm³/mol. The molecule has 0 aliphatic carbocycles. The van der Waals surface area contributed by atoms with Crippen molar-refractivity contribution in [2.45, 2.75) is 30.8 Å². The molecule has 5 nitrogen and oxygen atoms in total. The second-order valence-corrected chi connectivity index (χ2v) is 7.16. The topological polar surface area (TPSA) is 64.0 Å². The van der Waals surface area contributed by atoms with Crippen LogP contribution in [0.4, 0.5) is 5.82 Å². The number of fused-ring (bicyclic) bond motifs is 1. The smallest absolute Gasteiger partial charge is 0.279 e. The Morgan fingerprint density at radius 1 is 1.38 bits per heavy atom. The molecule has 0 unspecified atom stereocenters. The lowest BCUT2D eigenvalue weighted by atomic mass is 9.87. The SMILES string of the molecule is CCCSc1nc(=O)c2c(n1C)NC(=O)C[C@@H]2c1ccccc1Cl. The molecule has 0 radical (unpaired) electrons. The molecule has 1 aliphatic rings. The Morgan fingerprint density at radius 2 is 2.12 bits per heavy atom. The van der Waals surface area contributed by atoms with Gasteiger partial charge < -0.3 is 9.88 Å². The molecule has 1 atom stereocenters. The minimum absolute atomic E-state index is 0.125. The molecule has 3 rings (SSSR count). The van der Waals surface area contributed by atoms with Crippen LogP contribution >= 0.6 is 23.4 Å². The molecule has 7 heteroatoms. The van der Waals surface area contributed by atoms with Crippen LogP contribution in [0.25, 0.3) is 0 Å². The number of carbonyl (C=O) groups excluding carboxylic acids is 1. The van der Waals surface area contributed by atoms with Crippen LogP contribution < -0.4 is 10.9 Å². The van der Waals surface area contributed by atoms with Crippen LogP contribution in [0.5, 0.6) is 0 Å². The summed E-state index contributed by atoms with van der Waals surface area (Å²) < 4.78 is 1.79. The third-order valence-electron chi connectivity index (χ3n) is 4.02. The van der Waals surface area contributed by atoms with E-state index in [1.165, 1.54) is 11.8 Å². The van der Waals surface area contributed by atoms with Crippen molar-refractivity contribution in [1.82, 2.24) is 9.55 Å². The summed E-state index contributed by atoms with van der Waals surface area (Å²) in [6, 6.07) is 7.31. The molecule has 1 aromatic heterocycles. The van der Waals surface area contributed by atoms with Gasteiger partial charge in [0.15, 0.2) is 5.16 Å². The molecule has 0 saturated carbocycles. The van der Waals surface area contributed by atoms with Crippen molar-refractivity contribution in [3.8, 4) is 0 Å². The zero-order chi connectivity index (χ0) is 17.3. The van der Waals surface area contributed by atoms with E-state index in [1.807, 2.05) is 25.2 Å². The number of carbonyl (C=O) groups is 1. The van der Waals surface area contributed by atoms with Gasteiger partial charge in [0.05, 0.1) is 5.56 Å². The van der Waals surface area contributed by atoms with Gasteiger partial charge in [-0.1, -0.05) is 48.5 Å². The average molecular weight is 364 g/mol. The maximum Gasteiger partial charge on any atom is 0.279 e. The van der Waals surface area contributed by atoms with Gasteiger partial charge in [0.1, 0.15) is 5.82 Å². The Hall–Kier alpha value is -1.79. The number of benzene rings is 1. The fourth-order valence-corrected chi connectivity index (χ4v) is 3.97. The van der Waals surface area contributed by atoms with E-state index in [4.69, 9.17) is 11.6 Å². The van der Waals surface area contributed by atoms with Crippen LogP contribution in [0.1, 0.15) is 36.8 Å². The summed E-state index contributed by atoms with van der Waals surface area (Å²) >= 11 is 7.81. The molecule has 0 bridgehead atoms. The van der Waals surface area contributed by atoms with Crippen molar-refractivity contribution < 1.29 is 4.79 Å². The number of aromatic nitrogens is 2. The number of hydrogen-bond acceptors (Lipinski definition) is 4. The highest BCUT2D eigenvalue weighted by molar-refractivity contribution is 7.99. The number of nitrogens with zero attached hydrogens (tertiary/aromatic N) is 2. The van der Waals surface area contributed by atoms with E-state index in [9.17, 15) is 9.59 Å². The lowest BCUT2D eigenvalue weighted by Crippen LogP contribution is -2.33. The number of rotatable bonds is 4. The van der Waals surface area contributed by atoms with Crippen molar-refractivity contribution in [2.75, 3.05) is 11.1 Å². The van der Waals surface area contributed by atoms with Gasteiger partial charge in [-0.15, -0.1) is 0 Å². The largest absolute Gasteiger partial charge is 0.312 e. The summed E-state index contributed by atoms with van der Waals surface area (Å²) in [6.45, 7) is 2.07. The second-order valence-electron chi connectivity index (χ2n) is 5.70. The number of amides is 1. The van der Waals surface area contributed by atoms with Crippen LogP contribution in [0.2, 0.25) is 5.02 Å². The third kappa shape index (κ3) is 3.08. The number of nitrogens with one attached hydrogen (secondary N) is 1. The summed E-state index contributed by atoms with van der Waals surface area (Å²) in [5.41, 5.74) is 0.987. The van der Waals surface area contributed by atoms with Crippen molar-refractivity contribution in [3.63, 3.8) is 0 Å². The zero-order valence-electron chi connectivity index (χ0n) is 13.5. The van der Waals surface area contributed by atoms with Gasteiger partial charge in [0, 0.05) is 30.2 Å². The van der Waals surface area contributed by atoms with E-state index in [0.717, 1.165) is 17.7 Å². The number of halogens is 1.